The van der Waals surface area contributed by atoms with Gasteiger partial charge in [0, 0.05) is 23.1 Å². The van der Waals surface area contributed by atoms with Gasteiger partial charge < -0.3 is 4.74 Å². The molecule has 1 heteroatoms. The van der Waals surface area contributed by atoms with Crippen molar-refractivity contribution >= 4 is 0 Å². The van der Waals surface area contributed by atoms with Gasteiger partial charge in [0.15, 0.2) is 0 Å². The average Bonchev–Trinajstić information content (AvgIpc) is 2.55. The lowest BCUT2D eigenvalue weighted by molar-refractivity contribution is 0.415. The highest BCUT2D eigenvalue weighted by Gasteiger charge is 1.91. The molecule has 0 saturated carbocycles. The van der Waals surface area contributed by atoms with Crippen LogP contribution in [-0.4, -0.2) is 7.11 Å². The number of unbranched alkanes of at least 4 members (excludes halogenated alkanes) is 1. The summed E-state index contributed by atoms with van der Waals surface area (Å²) in [6, 6.07) is 15.8. The minimum Gasteiger partial charge on any atom is -0.497 e. The molecule has 0 fully saturated rings. The molecule has 0 bridgehead atoms. The molecule has 0 aromatic heterocycles. The molecular formula is C20H18O. The summed E-state index contributed by atoms with van der Waals surface area (Å²) in [7, 11) is 1.66. The van der Waals surface area contributed by atoms with E-state index in [1.165, 1.54) is 0 Å². The molecular weight excluding hydrogens is 256 g/mol. The summed E-state index contributed by atoms with van der Waals surface area (Å²) in [5.74, 6) is 13.4. The van der Waals surface area contributed by atoms with Crippen LogP contribution >= 0.6 is 0 Å². The fourth-order valence-electron chi connectivity index (χ4n) is 1.75. The molecule has 0 saturated heterocycles. The van der Waals surface area contributed by atoms with Crippen LogP contribution in [0.5, 0.6) is 5.75 Å². The Labute approximate surface area is 127 Å². The second-order valence-electron chi connectivity index (χ2n) is 4.61. The lowest BCUT2D eigenvalue weighted by atomic mass is 10.1. The van der Waals surface area contributed by atoms with Gasteiger partial charge >= 0.3 is 0 Å². The van der Waals surface area contributed by atoms with Gasteiger partial charge in [-0.2, -0.15) is 0 Å². The first-order valence-electron chi connectivity index (χ1n) is 7.07. The van der Waals surface area contributed by atoms with Gasteiger partial charge in [-0.15, -0.1) is 0 Å². The largest absolute Gasteiger partial charge is 0.497 e. The lowest BCUT2D eigenvalue weighted by Crippen LogP contribution is -1.82. The summed E-state index contributed by atoms with van der Waals surface area (Å²) in [5.41, 5.74) is 3.01. The predicted molar refractivity (Wildman–Crippen MR) is 87.2 cm³/mol. The smallest absolute Gasteiger partial charge is 0.118 e. The van der Waals surface area contributed by atoms with Crippen molar-refractivity contribution in [3.8, 4) is 29.4 Å². The van der Waals surface area contributed by atoms with E-state index >= 15 is 0 Å². The van der Waals surface area contributed by atoms with E-state index in [9.17, 15) is 0 Å². The molecule has 1 nitrogen and oxygen atoms in total. The number of methoxy groups -OCH3 is 1. The molecule has 2 rings (SSSR count). The first-order chi connectivity index (χ1) is 10.3. The molecule has 0 heterocycles. The van der Waals surface area contributed by atoms with Crippen molar-refractivity contribution in [1.29, 1.82) is 0 Å². The highest BCUT2D eigenvalue weighted by Crippen LogP contribution is 2.10. The zero-order valence-electron chi connectivity index (χ0n) is 12.4. The van der Waals surface area contributed by atoms with Crippen LogP contribution in [-0.2, 0) is 0 Å². The Morgan fingerprint density at radius 3 is 1.71 bits per heavy atom. The third-order valence-corrected chi connectivity index (χ3v) is 2.93. The summed E-state index contributed by atoms with van der Waals surface area (Å²) < 4.78 is 5.12. The predicted octanol–water partition coefficient (Wildman–Crippen LogP) is 4.25. The van der Waals surface area contributed by atoms with Gasteiger partial charge in [0.1, 0.15) is 5.75 Å². The van der Waals surface area contributed by atoms with Gasteiger partial charge in [-0.1, -0.05) is 30.6 Å². The minimum absolute atomic E-state index is 0.843. The molecule has 21 heavy (non-hydrogen) atoms. The molecule has 2 aromatic carbocycles. The summed E-state index contributed by atoms with van der Waals surface area (Å²) in [5, 5.41) is 0. The molecule has 0 atom stereocenters. The molecule has 0 N–H and O–H groups in total. The molecule has 104 valence electrons. The molecule has 0 aliphatic rings. The monoisotopic (exact) mass is 274 g/mol. The summed E-state index contributed by atoms with van der Waals surface area (Å²) in [6.07, 6.45) is 2.04. The molecule has 0 aliphatic carbocycles. The Morgan fingerprint density at radius 2 is 1.24 bits per heavy atom. The van der Waals surface area contributed by atoms with Crippen molar-refractivity contribution in [2.45, 2.75) is 19.8 Å². The van der Waals surface area contributed by atoms with E-state index in [1.807, 2.05) is 48.5 Å². The maximum atomic E-state index is 5.12. The first-order valence-corrected chi connectivity index (χ1v) is 7.07. The van der Waals surface area contributed by atoms with E-state index in [1.54, 1.807) is 7.11 Å². The van der Waals surface area contributed by atoms with E-state index in [-0.39, 0.29) is 0 Å². The van der Waals surface area contributed by atoms with Crippen molar-refractivity contribution < 1.29 is 4.74 Å². The van der Waals surface area contributed by atoms with Gasteiger partial charge in [0.2, 0.25) is 0 Å². The molecule has 0 radical (unpaired) electrons. The van der Waals surface area contributed by atoms with E-state index in [2.05, 4.69) is 30.6 Å². The van der Waals surface area contributed by atoms with Crippen LogP contribution in [0.15, 0.2) is 48.5 Å². The maximum absolute atomic E-state index is 5.12. The molecule has 0 unspecified atom stereocenters. The van der Waals surface area contributed by atoms with E-state index in [0.717, 1.165) is 35.3 Å². The van der Waals surface area contributed by atoms with Gasteiger partial charge in [-0.3, -0.25) is 0 Å². The molecule has 0 spiro atoms. The third-order valence-electron chi connectivity index (χ3n) is 2.93. The van der Waals surface area contributed by atoms with Crippen LogP contribution in [0, 0.1) is 23.7 Å². The lowest BCUT2D eigenvalue weighted by Gasteiger charge is -1.97. The van der Waals surface area contributed by atoms with Crippen molar-refractivity contribution in [3.05, 3.63) is 65.2 Å². The summed E-state index contributed by atoms with van der Waals surface area (Å²) in [6.45, 7) is 2.13. The highest BCUT2D eigenvalue weighted by molar-refractivity contribution is 5.46. The Kier molecular flexibility index (Phi) is 5.50. The Bertz CT molecular complexity index is 686. The fraction of sp³-hybridized carbons (Fsp3) is 0.200. The third kappa shape index (κ3) is 4.75. The van der Waals surface area contributed by atoms with Crippen LogP contribution in [0.4, 0.5) is 0 Å². The standard InChI is InChI=1S/C20H18O/c1-3-4-5-6-17-7-9-18(10-8-17)11-12-19-13-15-20(21-2)16-14-19/h7-10,13-16H,3-4H2,1-2H3. The van der Waals surface area contributed by atoms with Gasteiger partial charge in [0.25, 0.3) is 0 Å². The SMILES string of the molecule is CCCC#Cc1ccc(C#Cc2ccc(OC)cc2)cc1. The van der Waals surface area contributed by atoms with Gasteiger partial charge in [-0.05, 0) is 55.0 Å². The van der Waals surface area contributed by atoms with Crippen molar-refractivity contribution in [2.75, 3.05) is 7.11 Å². The van der Waals surface area contributed by atoms with Crippen LogP contribution in [0.2, 0.25) is 0 Å². The van der Waals surface area contributed by atoms with Gasteiger partial charge in [-0.25, -0.2) is 0 Å². The fourth-order valence-corrected chi connectivity index (χ4v) is 1.75. The van der Waals surface area contributed by atoms with Gasteiger partial charge in [0.05, 0.1) is 7.11 Å². The Morgan fingerprint density at radius 1 is 0.762 bits per heavy atom. The normalized spacial score (nSPS) is 9.05. The summed E-state index contributed by atoms with van der Waals surface area (Å²) >= 11 is 0. The Hall–Kier alpha value is -2.64. The maximum Gasteiger partial charge on any atom is 0.118 e. The zero-order chi connectivity index (χ0) is 14.9. The molecule has 2 aromatic rings. The Balaban J connectivity index is 2.06. The van der Waals surface area contributed by atoms with Crippen LogP contribution in [0.1, 0.15) is 36.5 Å². The molecule has 0 aliphatic heterocycles. The zero-order valence-corrected chi connectivity index (χ0v) is 12.4. The van der Waals surface area contributed by atoms with Crippen molar-refractivity contribution in [2.24, 2.45) is 0 Å². The molecule has 0 amide bonds. The average molecular weight is 274 g/mol. The summed E-state index contributed by atoms with van der Waals surface area (Å²) in [4.78, 5) is 0. The van der Waals surface area contributed by atoms with E-state index in [0.29, 0.717) is 0 Å². The quantitative estimate of drug-likeness (QED) is 0.744. The highest BCUT2D eigenvalue weighted by atomic mass is 16.5. The number of hydrogen-bond acceptors (Lipinski definition) is 1. The van der Waals surface area contributed by atoms with Crippen molar-refractivity contribution in [3.63, 3.8) is 0 Å². The topological polar surface area (TPSA) is 9.23 Å². The van der Waals surface area contributed by atoms with Crippen LogP contribution in [0.3, 0.4) is 0 Å². The number of benzene rings is 2. The van der Waals surface area contributed by atoms with E-state index in [4.69, 9.17) is 4.74 Å². The van der Waals surface area contributed by atoms with E-state index < -0.39 is 0 Å². The van der Waals surface area contributed by atoms with Crippen LogP contribution < -0.4 is 4.74 Å². The second kappa shape index (κ2) is 7.83. The number of hydrogen-bond donors (Lipinski definition) is 0. The first kappa shape index (κ1) is 14.8. The minimum atomic E-state index is 0.843. The number of rotatable bonds is 2. The second-order valence-corrected chi connectivity index (χ2v) is 4.61. The number of ether oxygens (including phenoxy) is 1. The van der Waals surface area contributed by atoms with Crippen LogP contribution in [0.25, 0.3) is 0 Å². The van der Waals surface area contributed by atoms with Crippen molar-refractivity contribution in [1.82, 2.24) is 0 Å².